The first-order chi connectivity index (χ1) is 16.9. The number of hydrogen-bond donors (Lipinski definition) is 1. The van der Waals surface area contributed by atoms with Gasteiger partial charge in [0.15, 0.2) is 5.43 Å². The number of fused-ring (bicyclic) bond motifs is 2. The van der Waals surface area contributed by atoms with E-state index in [1.165, 1.54) is 42.5 Å². The first-order valence-corrected chi connectivity index (χ1v) is 10.4. The third kappa shape index (κ3) is 3.86. The van der Waals surface area contributed by atoms with Gasteiger partial charge in [0.2, 0.25) is 0 Å². The zero-order chi connectivity index (χ0) is 24.7. The van der Waals surface area contributed by atoms with Crippen LogP contribution in [-0.2, 0) is 19.2 Å². The lowest BCUT2D eigenvalue weighted by Crippen LogP contribution is -2.32. The highest BCUT2D eigenvalue weighted by molar-refractivity contribution is 6.05. The van der Waals surface area contributed by atoms with Crippen LogP contribution in [0.3, 0.4) is 0 Å². The van der Waals surface area contributed by atoms with E-state index in [4.69, 9.17) is 14.0 Å². The molecule has 2 heterocycles. The van der Waals surface area contributed by atoms with Gasteiger partial charge in [-0.25, -0.2) is 4.79 Å². The van der Waals surface area contributed by atoms with Gasteiger partial charge in [-0.15, -0.1) is 5.06 Å². The fraction of sp³-hybridized carbons (Fsp3) is 0.0800. The number of ether oxygens (including phenoxy) is 1. The number of benzene rings is 3. The second-order valence-electron chi connectivity index (χ2n) is 7.70. The number of phenols is 1. The van der Waals surface area contributed by atoms with Crippen molar-refractivity contribution in [2.45, 2.75) is 12.8 Å². The van der Waals surface area contributed by atoms with E-state index in [0.717, 1.165) is 0 Å². The summed E-state index contributed by atoms with van der Waals surface area (Å²) in [6.45, 7) is 0.181. The van der Waals surface area contributed by atoms with Crippen molar-refractivity contribution in [3.8, 4) is 33.9 Å². The van der Waals surface area contributed by atoms with Crippen LogP contribution in [0.25, 0.3) is 33.4 Å². The molecule has 2 aromatic rings. The van der Waals surface area contributed by atoms with Crippen molar-refractivity contribution in [3.05, 3.63) is 70.4 Å². The summed E-state index contributed by atoms with van der Waals surface area (Å²) in [6.07, 6.45) is -0.102. The number of nitrogens with zero attached hydrogens (tertiary/aromatic N) is 1. The highest BCUT2D eigenvalue weighted by Crippen LogP contribution is 2.44. The monoisotopic (exact) mass is 473 g/mol. The molecule has 0 saturated carbocycles. The number of aromatic hydroxyl groups is 1. The third-order valence-electron chi connectivity index (χ3n) is 5.52. The fourth-order valence-corrected chi connectivity index (χ4v) is 3.95. The zero-order valence-corrected chi connectivity index (χ0v) is 17.8. The molecule has 2 amide bonds. The molecule has 3 aliphatic rings. The second-order valence-corrected chi connectivity index (χ2v) is 7.70. The smallest absolute Gasteiger partial charge is 0.364 e. The summed E-state index contributed by atoms with van der Waals surface area (Å²) in [5.41, 5.74) is 1.30. The predicted octanol–water partition coefficient (Wildman–Crippen LogP) is 3.03. The summed E-state index contributed by atoms with van der Waals surface area (Å²) in [4.78, 5) is 64.3. The van der Waals surface area contributed by atoms with E-state index >= 15 is 0 Å². The average Bonchev–Trinajstić information content (AvgIpc) is 3.14. The molecule has 0 bridgehead atoms. The summed E-state index contributed by atoms with van der Waals surface area (Å²) >= 11 is 0. The van der Waals surface area contributed by atoms with Crippen molar-refractivity contribution in [3.63, 3.8) is 0 Å². The van der Waals surface area contributed by atoms with Crippen LogP contribution in [0.2, 0.25) is 0 Å². The van der Waals surface area contributed by atoms with Crippen molar-refractivity contribution >= 4 is 35.2 Å². The van der Waals surface area contributed by atoms with Crippen LogP contribution < -0.4 is 10.2 Å². The number of phenolic OH excluding ortho intramolecular Hbond substituents is 1. The van der Waals surface area contributed by atoms with Gasteiger partial charge >= 0.3 is 5.97 Å². The lowest BCUT2D eigenvalue weighted by atomic mass is 9.92. The van der Waals surface area contributed by atoms with E-state index in [1.807, 2.05) is 0 Å². The molecule has 2 aromatic carbocycles. The SMILES string of the molecule is O=COc1cc(C(=O)ON2C(=O)CCC2=O)ccc1-c1c2ccc(=O)cc-2oc2cc(O)ccc12. The minimum atomic E-state index is -0.991. The van der Waals surface area contributed by atoms with Gasteiger partial charge in [-0.1, -0.05) is 0 Å². The van der Waals surface area contributed by atoms with Gasteiger partial charge in [0.1, 0.15) is 22.8 Å². The van der Waals surface area contributed by atoms with Gasteiger partial charge in [-0.2, -0.15) is 0 Å². The standard InChI is InChI=1S/C25H15NO9/c27-12-33-19-9-13(25(32)35-26-22(30)7-8-23(26)31)1-4-16(19)24-17-5-2-14(28)10-20(17)34-21-11-15(29)3-6-18(21)24/h1-6,9-12,28H,7-8H2. The second kappa shape index (κ2) is 8.41. The first kappa shape index (κ1) is 21.8. The van der Waals surface area contributed by atoms with E-state index in [0.29, 0.717) is 27.1 Å². The number of hydrogen-bond acceptors (Lipinski definition) is 9. The van der Waals surface area contributed by atoms with Crippen LogP contribution in [0.4, 0.5) is 0 Å². The van der Waals surface area contributed by atoms with Gasteiger partial charge < -0.3 is 19.1 Å². The number of imide groups is 1. The van der Waals surface area contributed by atoms with E-state index in [2.05, 4.69) is 0 Å². The number of carbonyl (C=O) groups is 4. The van der Waals surface area contributed by atoms with Crippen LogP contribution in [0.15, 0.2) is 63.8 Å². The Morgan fingerprint density at radius 3 is 2.43 bits per heavy atom. The molecule has 1 saturated heterocycles. The summed E-state index contributed by atoms with van der Waals surface area (Å²) in [5.74, 6) is -2.10. The molecule has 1 N–H and O–H groups in total. The minimum absolute atomic E-state index is 0.0263. The molecule has 0 radical (unpaired) electrons. The molecule has 1 aliphatic carbocycles. The van der Waals surface area contributed by atoms with E-state index in [-0.39, 0.29) is 53.1 Å². The summed E-state index contributed by atoms with van der Waals surface area (Å²) < 4.78 is 11.0. The van der Waals surface area contributed by atoms with Crippen molar-refractivity contribution < 1.29 is 38.3 Å². The van der Waals surface area contributed by atoms with E-state index < -0.39 is 17.8 Å². The molecule has 10 heteroatoms. The van der Waals surface area contributed by atoms with Gasteiger partial charge in [-0.05, 0) is 42.5 Å². The van der Waals surface area contributed by atoms with Gasteiger partial charge in [0, 0.05) is 47.1 Å². The molecule has 174 valence electrons. The lowest BCUT2D eigenvalue weighted by molar-refractivity contribution is -0.172. The molecule has 35 heavy (non-hydrogen) atoms. The molecule has 0 atom stereocenters. The minimum Gasteiger partial charge on any atom is -0.508 e. The predicted molar refractivity (Wildman–Crippen MR) is 119 cm³/mol. The Morgan fingerprint density at radius 2 is 1.69 bits per heavy atom. The number of amides is 2. The summed E-state index contributed by atoms with van der Waals surface area (Å²) in [5, 5.41) is 10.9. The fourth-order valence-electron chi connectivity index (χ4n) is 3.95. The Balaban J connectivity index is 1.67. The van der Waals surface area contributed by atoms with Gasteiger partial charge in [-0.3, -0.25) is 19.2 Å². The van der Waals surface area contributed by atoms with Crippen molar-refractivity contribution in [1.29, 1.82) is 0 Å². The third-order valence-corrected chi connectivity index (χ3v) is 5.52. The topological polar surface area (TPSA) is 140 Å². The normalized spacial score (nSPS) is 13.4. The largest absolute Gasteiger partial charge is 0.508 e. The molecular formula is C25H15NO9. The Hall–Kier alpha value is -4.99. The lowest BCUT2D eigenvalue weighted by Gasteiger charge is -2.18. The van der Waals surface area contributed by atoms with Crippen LogP contribution in [-0.4, -0.2) is 34.4 Å². The maximum absolute atomic E-state index is 12.6. The van der Waals surface area contributed by atoms with Crippen molar-refractivity contribution in [2.24, 2.45) is 0 Å². The highest BCUT2D eigenvalue weighted by atomic mass is 16.7. The van der Waals surface area contributed by atoms with Crippen LogP contribution in [0.5, 0.6) is 11.5 Å². The molecule has 2 aliphatic heterocycles. The Morgan fingerprint density at radius 1 is 0.943 bits per heavy atom. The maximum Gasteiger partial charge on any atom is 0.364 e. The summed E-state index contributed by atoms with van der Waals surface area (Å²) in [6, 6.07) is 12.7. The maximum atomic E-state index is 12.6. The quantitative estimate of drug-likeness (QED) is 0.263. The van der Waals surface area contributed by atoms with E-state index in [9.17, 15) is 29.1 Å². The average molecular weight is 473 g/mol. The Bertz CT molecular complexity index is 1550. The first-order valence-electron chi connectivity index (χ1n) is 10.4. The number of carbonyl (C=O) groups excluding carboxylic acids is 4. The Kier molecular flexibility index (Phi) is 5.25. The molecule has 10 nitrogen and oxygen atoms in total. The highest BCUT2D eigenvalue weighted by Gasteiger charge is 2.33. The molecule has 0 aromatic heterocycles. The van der Waals surface area contributed by atoms with Crippen LogP contribution in [0, 0.1) is 0 Å². The van der Waals surface area contributed by atoms with Gasteiger partial charge in [0.05, 0.1) is 5.56 Å². The molecule has 0 spiro atoms. The van der Waals surface area contributed by atoms with E-state index in [1.54, 1.807) is 12.1 Å². The summed E-state index contributed by atoms with van der Waals surface area (Å²) in [7, 11) is 0. The number of hydroxylamine groups is 2. The molecule has 5 rings (SSSR count). The molecule has 1 fully saturated rings. The number of rotatable bonds is 5. The zero-order valence-electron chi connectivity index (χ0n) is 17.8. The Labute approximate surface area is 196 Å². The van der Waals surface area contributed by atoms with Crippen LogP contribution in [0.1, 0.15) is 23.2 Å². The molecule has 0 unspecified atom stereocenters. The van der Waals surface area contributed by atoms with Crippen molar-refractivity contribution in [1.82, 2.24) is 5.06 Å². The van der Waals surface area contributed by atoms with Crippen molar-refractivity contribution in [2.75, 3.05) is 0 Å². The van der Waals surface area contributed by atoms with Gasteiger partial charge in [0.25, 0.3) is 18.3 Å². The van der Waals surface area contributed by atoms with Crippen LogP contribution >= 0.6 is 0 Å². The molecular weight excluding hydrogens is 458 g/mol.